The molecule has 0 radical (unpaired) electrons. The molecule has 2 aromatic carbocycles. The van der Waals surface area contributed by atoms with Gasteiger partial charge in [0.05, 0.1) is 32.4 Å². The fraction of sp³-hybridized carbons (Fsp3) is 0.333. The molecule has 0 aliphatic heterocycles. The van der Waals surface area contributed by atoms with E-state index in [4.69, 9.17) is 11.6 Å². The maximum absolute atomic E-state index is 13.5. The van der Waals surface area contributed by atoms with Crippen LogP contribution in [-0.2, 0) is 17.2 Å². The van der Waals surface area contributed by atoms with Gasteiger partial charge in [-0.25, -0.2) is 13.3 Å². The zero-order valence-corrected chi connectivity index (χ0v) is 15.9. The molecule has 0 aromatic heterocycles. The van der Waals surface area contributed by atoms with E-state index in [-0.39, 0.29) is 5.02 Å². The Labute approximate surface area is 157 Å². The highest BCUT2D eigenvalue weighted by Gasteiger charge is 2.31. The van der Waals surface area contributed by atoms with Crippen molar-refractivity contribution in [3.8, 4) is 0 Å². The lowest BCUT2D eigenvalue weighted by atomic mass is 9.98. The van der Waals surface area contributed by atoms with Gasteiger partial charge in [-0.1, -0.05) is 29.8 Å². The van der Waals surface area contributed by atoms with Crippen molar-refractivity contribution in [3.63, 3.8) is 0 Å². The van der Waals surface area contributed by atoms with Crippen LogP contribution in [0.3, 0.4) is 0 Å². The summed E-state index contributed by atoms with van der Waals surface area (Å²) in [5.74, 6) is -0.612. The van der Waals surface area contributed by atoms with E-state index < -0.39 is 39.3 Å². The van der Waals surface area contributed by atoms with Gasteiger partial charge in [-0.05, 0) is 56.2 Å². The highest BCUT2D eigenvalue weighted by atomic mass is 35.5. The van der Waals surface area contributed by atoms with Gasteiger partial charge in [0, 0.05) is 0 Å². The van der Waals surface area contributed by atoms with Gasteiger partial charge in [0.2, 0.25) is 0 Å². The molecular weight excluding hydrogens is 390 g/mol. The van der Waals surface area contributed by atoms with Crippen molar-refractivity contribution in [2.75, 3.05) is 0 Å². The Morgan fingerprint density at radius 2 is 1.54 bits per heavy atom. The van der Waals surface area contributed by atoms with Gasteiger partial charge in [0.25, 0.3) is 0 Å². The lowest BCUT2D eigenvalue weighted by Crippen LogP contribution is -2.36. The van der Waals surface area contributed by atoms with Gasteiger partial charge >= 0.3 is 6.18 Å². The highest BCUT2D eigenvalue weighted by Crippen LogP contribution is 2.32. The average molecular weight is 408 g/mol. The summed E-state index contributed by atoms with van der Waals surface area (Å²) in [6.07, 6.45) is -4.45. The van der Waals surface area contributed by atoms with E-state index >= 15 is 0 Å². The standard InChI is InChI=1S/C18H18ClF4NOS/c1-17(2,3)26(25)24-16(12-6-9-15(20)14(19)10-12)11-4-7-13(8-5-11)18(21,22)23/h4-10,16,24H,1-3H3. The number of rotatable bonds is 4. The molecule has 0 aliphatic rings. The summed E-state index contributed by atoms with van der Waals surface area (Å²) in [6.45, 7) is 5.28. The molecule has 2 unspecified atom stereocenters. The molecule has 0 fully saturated rings. The fourth-order valence-electron chi connectivity index (χ4n) is 2.17. The minimum absolute atomic E-state index is 0.122. The molecule has 0 spiro atoms. The summed E-state index contributed by atoms with van der Waals surface area (Å²) in [5, 5.41) is -0.122. The normalized spacial score (nSPS) is 14.9. The maximum Gasteiger partial charge on any atom is 0.416 e. The molecular formula is C18H18ClF4NOS. The predicted molar refractivity (Wildman–Crippen MR) is 95.7 cm³/mol. The predicted octanol–water partition coefficient (Wildman–Crippen LogP) is 5.64. The van der Waals surface area contributed by atoms with Crippen LogP contribution < -0.4 is 4.72 Å². The SMILES string of the molecule is CC(C)(C)S(=O)NC(c1ccc(C(F)(F)F)cc1)c1ccc(F)c(Cl)c1. The molecule has 1 N–H and O–H groups in total. The second kappa shape index (κ2) is 7.66. The molecule has 2 atom stereocenters. The summed E-state index contributed by atoms with van der Waals surface area (Å²) >= 11 is 5.83. The zero-order chi connectivity index (χ0) is 19.7. The molecule has 2 nitrogen and oxygen atoms in total. The van der Waals surface area contributed by atoms with Crippen molar-refractivity contribution < 1.29 is 21.8 Å². The van der Waals surface area contributed by atoms with Crippen LogP contribution in [0.2, 0.25) is 5.02 Å². The Morgan fingerprint density at radius 1 is 1.00 bits per heavy atom. The topological polar surface area (TPSA) is 29.1 Å². The first-order valence-electron chi connectivity index (χ1n) is 7.70. The molecule has 8 heteroatoms. The average Bonchev–Trinajstić information content (AvgIpc) is 2.53. The molecule has 0 saturated heterocycles. The molecule has 0 amide bonds. The first-order chi connectivity index (χ1) is 11.9. The summed E-state index contributed by atoms with van der Waals surface area (Å²) in [7, 11) is -1.51. The Kier molecular flexibility index (Phi) is 6.15. The molecule has 0 bridgehead atoms. The summed E-state index contributed by atoms with van der Waals surface area (Å²) < 4.78 is 66.6. The molecule has 0 saturated carbocycles. The highest BCUT2D eigenvalue weighted by molar-refractivity contribution is 7.84. The largest absolute Gasteiger partial charge is 0.416 e. The maximum atomic E-state index is 13.5. The van der Waals surface area contributed by atoms with Crippen LogP contribution in [0.1, 0.15) is 43.5 Å². The van der Waals surface area contributed by atoms with Crippen molar-refractivity contribution >= 4 is 22.6 Å². The van der Waals surface area contributed by atoms with Gasteiger partial charge in [-0.3, -0.25) is 0 Å². The van der Waals surface area contributed by atoms with Crippen LogP contribution in [0.5, 0.6) is 0 Å². The van der Waals surface area contributed by atoms with E-state index in [1.54, 1.807) is 20.8 Å². The fourth-order valence-corrected chi connectivity index (χ4v) is 3.20. The van der Waals surface area contributed by atoms with Gasteiger partial charge in [0.15, 0.2) is 0 Å². The van der Waals surface area contributed by atoms with Gasteiger partial charge in [0.1, 0.15) is 5.82 Å². The second-order valence-electron chi connectivity index (χ2n) is 6.73. The van der Waals surface area contributed by atoms with Crippen LogP contribution in [0, 0.1) is 5.82 Å². The van der Waals surface area contributed by atoms with Crippen molar-refractivity contribution in [2.24, 2.45) is 0 Å². The summed E-state index contributed by atoms with van der Waals surface area (Å²) in [5.41, 5.74) is 0.168. The second-order valence-corrected chi connectivity index (χ2v) is 9.13. The summed E-state index contributed by atoms with van der Waals surface area (Å²) in [4.78, 5) is 0. The quantitative estimate of drug-likeness (QED) is 0.653. The van der Waals surface area contributed by atoms with Crippen molar-refractivity contribution in [3.05, 3.63) is 70.0 Å². The van der Waals surface area contributed by atoms with Crippen LogP contribution in [0.25, 0.3) is 0 Å². The number of benzene rings is 2. The number of halogens is 5. The first kappa shape index (κ1) is 20.9. The lowest BCUT2D eigenvalue weighted by Gasteiger charge is -2.25. The Bertz CT molecular complexity index is 800. The minimum Gasteiger partial charge on any atom is -0.242 e. The molecule has 142 valence electrons. The van der Waals surface area contributed by atoms with E-state index in [9.17, 15) is 21.8 Å². The lowest BCUT2D eigenvalue weighted by molar-refractivity contribution is -0.137. The van der Waals surface area contributed by atoms with Crippen LogP contribution in [0.15, 0.2) is 42.5 Å². The van der Waals surface area contributed by atoms with Crippen molar-refractivity contribution in [2.45, 2.75) is 37.7 Å². The third-order valence-electron chi connectivity index (χ3n) is 3.63. The molecule has 0 aliphatic carbocycles. The Balaban J connectivity index is 2.46. The van der Waals surface area contributed by atoms with E-state index in [1.165, 1.54) is 24.3 Å². The van der Waals surface area contributed by atoms with E-state index in [2.05, 4.69) is 4.72 Å². The van der Waals surface area contributed by atoms with Crippen molar-refractivity contribution in [1.29, 1.82) is 0 Å². The molecule has 26 heavy (non-hydrogen) atoms. The third-order valence-corrected chi connectivity index (χ3v) is 5.48. The van der Waals surface area contributed by atoms with E-state index in [0.29, 0.717) is 11.1 Å². The van der Waals surface area contributed by atoms with Crippen LogP contribution in [0.4, 0.5) is 17.6 Å². The van der Waals surface area contributed by atoms with Crippen LogP contribution in [-0.4, -0.2) is 8.96 Å². The Hall–Kier alpha value is -1.44. The zero-order valence-electron chi connectivity index (χ0n) is 14.3. The van der Waals surface area contributed by atoms with Gasteiger partial charge in [-0.2, -0.15) is 13.2 Å². The van der Waals surface area contributed by atoms with E-state index in [0.717, 1.165) is 18.2 Å². The molecule has 2 aromatic rings. The third kappa shape index (κ3) is 5.05. The van der Waals surface area contributed by atoms with Crippen LogP contribution >= 0.6 is 11.6 Å². The molecule has 0 heterocycles. The number of hydrogen-bond donors (Lipinski definition) is 1. The monoisotopic (exact) mass is 407 g/mol. The minimum atomic E-state index is -4.45. The molecule has 2 rings (SSSR count). The van der Waals surface area contributed by atoms with Gasteiger partial charge < -0.3 is 0 Å². The summed E-state index contributed by atoms with van der Waals surface area (Å²) in [6, 6.07) is 7.79. The Morgan fingerprint density at radius 3 is 2.00 bits per heavy atom. The van der Waals surface area contributed by atoms with Gasteiger partial charge in [-0.15, -0.1) is 0 Å². The number of nitrogens with one attached hydrogen (secondary N) is 1. The van der Waals surface area contributed by atoms with E-state index in [1.807, 2.05) is 0 Å². The smallest absolute Gasteiger partial charge is 0.242 e. The van der Waals surface area contributed by atoms with Crippen molar-refractivity contribution in [1.82, 2.24) is 4.72 Å². The number of hydrogen-bond acceptors (Lipinski definition) is 1. The number of alkyl halides is 3. The first-order valence-corrected chi connectivity index (χ1v) is 9.22.